The van der Waals surface area contributed by atoms with E-state index in [9.17, 15) is 23.1 Å². The molecule has 0 aliphatic heterocycles. The molecule has 4 nitrogen and oxygen atoms in total. The third-order valence-electron chi connectivity index (χ3n) is 9.93. The molecule has 4 aliphatic carbocycles. The number of hydrogen-bond donors (Lipinski definition) is 0. The molecule has 0 aromatic heterocycles. The molecular weight excluding hydrogens is 577 g/mol. The molecule has 4 fully saturated rings. The first kappa shape index (κ1) is 31.0. The molecule has 0 spiro atoms. The van der Waals surface area contributed by atoms with Crippen LogP contribution in [0.5, 0.6) is 11.5 Å². The van der Waals surface area contributed by atoms with Gasteiger partial charge in [0.2, 0.25) is 0 Å². The molecule has 4 saturated carbocycles. The fourth-order valence-electron chi connectivity index (χ4n) is 8.31. The van der Waals surface area contributed by atoms with Gasteiger partial charge in [-0.2, -0.15) is 13.2 Å². The molecule has 3 aromatic carbocycles. The zero-order chi connectivity index (χ0) is 31.6. The summed E-state index contributed by atoms with van der Waals surface area (Å²) in [5.74, 6) is 2.66. The van der Waals surface area contributed by atoms with Crippen LogP contribution < -0.4 is 14.6 Å². The number of ether oxygens (including phenoxy) is 2. The Labute approximate surface area is 262 Å². The minimum absolute atomic E-state index is 0.148. The van der Waals surface area contributed by atoms with Crippen LogP contribution in [0, 0.1) is 17.8 Å². The number of halogens is 3. The van der Waals surface area contributed by atoms with E-state index in [4.69, 9.17) is 9.47 Å². The molecular formula is C38H38F3O4-. The van der Waals surface area contributed by atoms with E-state index in [-0.39, 0.29) is 5.41 Å². The summed E-state index contributed by atoms with van der Waals surface area (Å²) < 4.78 is 52.0. The summed E-state index contributed by atoms with van der Waals surface area (Å²) in [5, 5.41) is 11.1. The van der Waals surface area contributed by atoms with Gasteiger partial charge in [0, 0.05) is 5.56 Å². The lowest BCUT2D eigenvalue weighted by Gasteiger charge is -2.57. The van der Waals surface area contributed by atoms with E-state index in [0.717, 1.165) is 58.6 Å². The zero-order valence-electron chi connectivity index (χ0n) is 25.4. The predicted octanol–water partition coefficient (Wildman–Crippen LogP) is 8.08. The Balaban J connectivity index is 1.26. The molecule has 45 heavy (non-hydrogen) atoms. The molecule has 0 heterocycles. The van der Waals surface area contributed by atoms with Crippen LogP contribution in [0.25, 0.3) is 5.57 Å². The molecule has 0 amide bonds. The molecule has 4 aliphatic rings. The Morgan fingerprint density at radius 3 is 2.20 bits per heavy atom. The van der Waals surface area contributed by atoms with Gasteiger partial charge in [-0.25, -0.2) is 0 Å². The summed E-state index contributed by atoms with van der Waals surface area (Å²) in [5.41, 5.74) is 3.45. The molecule has 3 aromatic rings. The molecule has 0 unspecified atom stereocenters. The highest BCUT2D eigenvalue weighted by Gasteiger charge is 2.52. The Hall–Kier alpha value is -4.00. The van der Waals surface area contributed by atoms with Crippen LogP contribution in [-0.4, -0.2) is 13.1 Å². The van der Waals surface area contributed by atoms with Crippen molar-refractivity contribution >= 4 is 11.5 Å². The third-order valence-corrected chi connectivity index (χ3v) is 9.93. The van der Waals surface area contributed by atoms with Crippen LogP contribution in [0.1, 0.15) is 72.8 Å². The minimum atomic E-state index is -4.50. The second-order valence-electron chi connectivity index (χ2n) is 13.1. The quantitative estimate of drug-likeness (QED) is 0.162. The molecule has 7 rings (SSSR count). The van der Waals surface area contributed by atoms with Crippen LogP contribution in [0.4, 0.5) is 13.2 Å². The van der Waals surface area contributed by atoms with Gasteiger partial charge < -0.3 is 19.4 Å². The summed E-state index contributed by atoms with van der Waals surface area (Å²) in [6, 6.07) is 19.3. The number of carboxylic acids is 1. The second kappa shape index (κ2) is 12.8. The van der Waals surface area contributed by atoms with Crippen LogP contribution in [0.3, 0.4) is 0 Å². The van der Waals surface area contributed by atoms with Gasteiger partial charge in [-0.1, -0.05) is 48.6 Å². The van der Waals surface area contributed by atoms with Crippen molar-refractivity contribution in [2.75, 3.05) is 7.11 Å². The minimum Gasteiger partial charge on any atom is -0.545 e. The normalized spacial score (nSPS) is 24.3. The van der Waals surface area contributed by atoms with Crippen molar-refractivity contribution < 1.29 is 32.5 Å². The number of carboxylic acid groups (broad SMARTS) is 1. The highest BCUT2D eigenvalue weighted by molar-refractivity contribution is 5.84. The van der Waals surface area contributed by atoms with Gasteiger partial charge in [-0.15, -0.1) is 0 Å². The maximum atomic E-state index is 13.4. The van der Waals surface area contributed by atoms with E-state index in [1.54, 1.807) is 19.3 Å². The van der Waals surface area contributed by atoms with Gasteiger partial charge in [0.05, 0.1) is 18.6 Å². The topological polar surface area (TPSA) is 58.6 Å². The molecule has 4 bridgehead atoms. The standard InChI is InChI=1S/C38H39F3O4/c1-44-33-12-8-26(9-13-33)24-45-35-19-25(10-14-34(35)37-21-27-16-28(22-37)18-29(17-27)23-37)4-2-5-30(11-15-36(42)43)31-6-3-7-32(20-31)38(39,40)41/h3,5-15,19-20,27-29H,2,4,16-18,21-24H2,1H3,(H,42,43)/p-1/b15-11?,30-5-. The summed E-state index contributed by atoms with van der Waals surface area (Å²) in [4.78, 5) is 11.1. The van der Waals surface area contributed by atoms with Crippen LogP contribution in [0.2, 0.25) is 0 Å². The number of alkyl halides is 3. The largest absolute Gasteiger partial charge is 0.545 e. The number of aryl methyl sites for hydroxylation is 1. The average Bonchev–Trinajstić information content (AvgIpc) is 3.01. The van der Waals surface area contributed by atoms with Crippen molar-refractivity contribution in [2.45, 2.75) is 69.6 Å². The summed E-state index contributed by atoms with van der Waals surface area (Å²) in [6.07, 6.45) is 8.23. The van der Waals surface area contributed by atoms with E-state index >= 15 is 0 Å². The van der Waals surface area contributed by atoms with E-state index in [1.165, 1.54) is 56.2 Å². The second-order valence-corrected chi connectivity index (χ2v) is 13.1. The fourth-order valence-corrected chi connectivity index (χ4v) is 8.31. The van der Waals surface area contributed by atoms with E-state index in [0.29, 0.717) is 30.6 Å². The number of carbonyl (C=O) groups excluding carboxylic acids is 1. The van der Waals surface area contributed by atoms with E-state index < -0.39 is 17.7 Å². The third kappa shape index (κ3) is 7.13. The highest BCUT2D eigenvalue weighted by Crippen LogP contribution is 2.62. The maximum absolute atomic E-state index is 13.4. The first-order valence-corrected chi connectivity index (χ1v) is 15.8. The Morgan fingerprint density at radius 2 is 1.58 bits per heavy atom. The number of hydrogen-bond acceptors (Lipinski definition) is 4. The van der Waals surface area contributed by atoms with Crippen LogP contribution in [0.15, 0.2) is 85.0 Å². The van der Waals surface area contributed by atoms with Crippen molar-refractivity contribution in [3.05, 3.63) is 113 Å². The Kier molecular flexibility index (Phi) is 8.80. The summed E-state index contributed by atoms with van der Waals surface area (Å²) in [7, 11) is 1.65. The predicted molar refractivity (Wildman–Crippen MR) is 166 cm³/mol. The van der Waals surface area contributed by atoms with Gasteiger partial charge in [-0.05, 0) is 133 Å². The van der Waals surface area contributed by atoms with E-state index in [1.807, 2.05) is 24.3 Å². The molecule has 0 atom stereocenters. The van der Waals surface area contributed by atoms with Crippen molar-refractivity contribution in [3.63, 3.8) is 0 Å². The van der Waals surface area contributed by atoms with Gasteiger partial charge in [-0.3, -0.25) is 0 Å². The zero-order valence-corrected chi connectivity index (χ0v) is 25.4. The number of rotatable bonds is 11. The first-order valence-electron chi connectivity index (χ1n) is 15.8. The van der Waals surface area contributed by atoms with Crippen molar-refractivity contribution in [1.29, 1.82) is 0 Å². The van der Waals surface area contributed by atoms with Gasteiger partial charge in [0.1, 0.15) is 18.1 Å². The average molecular weight is 616 g/mol. The first-order chi connectivity index (χ1) is 21.6. The van der Waals surface area contributed by atoms with Gasteiger partial charge in [0.25, 0.3) is 0 Å². The van der Waals surface area contributed by atoms with Crippen LogP contribution >= 0.6 is 0 Å². The lowest BCUT2D eigenvalue weighted by Crippen LogP contribution is -2.48. The van der Waals surface area contributed by atoms with Gasteiger partial charge in [0.15, 0.2) is 0 Å². The SMILES string of the molecule is COc1ccc(COc2cc(CC/C=C(/C=CC(=O)[O-])c3cccc(C(F)(F)F)c3)ccc2C23CC4CC(CC(C4)C2)C3)cc1. The van der Waals surface area contributed by atoms with Crippen molar-refractivity contribution in [1.82, 2.24) is 0 Å². The highest BCUT2D eigenvalue weighted by atomic mass is 19.4. The smallest absolute Gasteiger partial charge is 0.416 e. The molecule has 236 valence electrons. The number of aliphatic carboxylic acids is 1. The monoisotopic (exact) mass is 615 g/mol. The molecule has 7 heteroatoms. The molecule has 0 radical (unpaired) electrons. The summed E-state index contributed by atoms with van der Waals surface area (Å²) >= 11 is 0. The number of benzene rings is 3. The van der Waals surface area contributed by atoms with E-state index in [2.05, 4.69) is 18.2 Å². The number of methoxy groups -OCH3 is 1. The fraction of sp³-hybridized carbons (Fsp3) is 0.395. The lowest BCUT2D eigenvalue weighted by molar-refractivity contribution is -0.297. The van der Waals surface area contributed by atoms with Crippen molar-refractivity contribution in [3.8, 4) is 11.5 Å². The summed E-state index contributed by atoms with van der Waals surface area (Å²) in [6.45, 7) is 0.431. The lowest BCUT2D eigenvalue weighted by atomic mass is 9.48. The number of carbonyl (C=O) groups is 1. The Morgan fingerprint density at radius 1 is 0.911 bits per heavy atom. The molecule has 0 N–H and O–H groups in total. The molecule has 0 saturated heterocycles. The van der Waals surface area contributed by atoms with Crippen molar-refractivity contribution in [2.24, 2.45) is 17.8 Å². The van der Waals surface area contributed by atoms with Gasteiger partial charge >= 0.3 is 6.18 Å². The Bertz CT molecular complexity index is 1550. The number of allylic oxidation sites excluding steroid dienone is 3. The maximum Gasteiger partial charge on any atom is 0.416 e. The van der Waals surface area contributed by atoms with Crippen LogP contribution in [-0.2, 0) is 29.4 Å².